The Morgan fingerprint density at radius 2 is 2.00 bits per heavy atom. The van der Waals surface area contributed by atoms with Crippen LogP contribution in [0.1, 0.15) is 54.4 Å². The maximum Gasteiger partial charge on any atom is 0.261 e. The van der Waals surface area contributed by atoms with Crippen LogP contribution in [0.25, 0.3) is 0 Å². The van der Waals surface area contributed by atoms with Crippen molar-refractivity contribution in [1.29, 1.82) is 0 Å². The molecule has 1 aromatic carbocycles. The van der Waals surface area contributed by atoms with Crippen LogP contribution < -0.4 is 14.8 Å². The third kappa shape index (κ3) is 2.42. The van der Waals surface area contributed by atoms with E-state index in [0.717, 1.165) is 31.4 Å². The molecule has 1 aromatic heterocycles. The van der Waals surface area contributed by atoms with E-state index in [4.69, 9.17) is 14.0 Å². The van der Waals surface area contributed by atoms with Crippen molar-refractivity contribution in [3.05, 3.63) is 35.2 Å². The second-order valence-electron chi connectivity index (χ2n) is 6.36. The monoisotopic (exact) mass is 328 g/mol. The minimum Gasteiger partial charge on any atom is -0.448 e. The number of anilines is 1. The van der Waals surface area contributed by atoms with Crippen LogP contribution in [0.4, 0.5) is 5.69 Å². The molecule has 1 aliphatic carbocycles. The fourth-order valence-corrected chi connectivity index (χ4v) is 3.43. The van der Waals surface area contributed by atoms with Gasteiger partial charge in [-0.1, -0.05) is 12.1 Å². The number of aromatic nitrogens is 1. The Morgan fingerprint density at radius 1 is 1.25 bits per heavy atom. The molecule has 2 heterocycles. The largest absolute Gasteiger partial charge is 0.448 e. The molecule has 1 spiro atoms. The highest BCUT2D eigenvalue weighted by Crippen LogP contribution is 2.47. The fraction of sp³-hybridized carbons (Fsp3) is 0.444. The molecule has 2 aromatic rings. The van der Waals surface area contributed by atoms with E-state index >= 15 is 0 Å². The van der Waals surface area contributed by atoms with Gasteiger partial charge < -0.3 is 19.3 Å². The maximum atomic E-state index is 12.5. The highest BCUT2D eigenvalue weighted by atomic mass is 16.7. The minimum absolute atomic E-state index is 0.222. The number of aryl methyl sites for hydroxylation is 2. The molecule has 1 aliphatic heterocycles. The van der Waals surface area contributed by atoms with Crippen LogP contribution in [-0.2, 0) is 6.42 Å². The molecule has 0 bridgehead atoms. The minimum atomic E-state index is -0.495. The first-order valence-electron chi connectivity index (χ1n) is 8.39. The highest BCUT2D eigenvalue weighted by Gasteiger charge is 2.44. The topological polar surface area (TPSA) is 73.6 Å². The first-order chi connectivity index (χ1) is 11.6. The summed E-state index contributed by atoms with van der Waals surface area (Å²) in [4.78, 5) is 12.5. The maximum absolute atomic E-state index is 12.5. The molecular weight excluding hydrogens is 308 g/mol. The average Bonchev–Trinajstić information content (AvgIpc) is 3.25. The van der Waals surface area contributed by atoms with Gasteiger partial charge in [0, 0.05) is 31.0 Å². The summed E-state index contributed by atoms with van der Waals surface area (Å²) >= 11 is 0. The Bertz CT molecular complexity index is 790. The predicted octanol–water partition coefficient (Wildman–Crippen LogP) is 3.84. The molecular formula is C18H20N2O4. The number of hydrogen-bond acceptors (Lipinski definition) is 5. The molecule has 4 rings (SSSR count). The summed E-state index contributed by atoms with van der Waals surface area (Å²) in [5.41, 5.74) is 1.76. The summed E-state index contributed by atoms with van der Waals surface area (Å²) < 4.78 is 17.2. The van der Waals surface area contributed by atoms with Crippen LogP contribution >= 0.6 is 0 Å². The Kier molecular flexibility index (Phi) is 3.48. The van der Waals surface area contributed by atoms with Crippen molar-refractivity contribution < 1.29 is 18.8 Å². The van der Waals surface area contributed by atoms with Crippen molar-refractivity contribution in [3.8, 4) is 11.5 Å². The van der Waals surface area contributed by atoms with Gasteiger partial charge in [-0.15, -0.1) is 0 Å². The zero-order valence-corrected chi connectivity index (χ0v) is 13.8. The van der Waals surface area contributed by atoms with Gasteiger partial charge in [0.05, 0.1) is 5.69 Å². The molecule has 2 aliphatic rings. The number of nitrogens with one attached hydrogen (secondary N) is 1. The molecule has 0 atom stereocenters. The molecule has 126 valence electrons. The third-order valence-corrected chi connectivity index (χ3v) is 4.64. The zero-order valence-electron chi connectivity index (χ0n) is 13.8. The Labute approximate surface area is 140 Å². The Balaban J connectivity index is 1.55. The van der Waals surface area contributed by atoms with Crippen molar-refractivity contribution >= 4 is 11.6 Å². The van der Waals surface area contributed by atoms with E-state index in [-0.39, 0.29) is 5.91 Å². The molecule has 0 saturated heterocycles. The van der Waals surface area contributed by atoms with Crippen LogP contribution in [0, 0.1) is 6.92 Å². The highest BCUT2D eigenvalue weighted by molar-refractivity contribution is 6.05. The summed E-state index contributed by atoms with van der Waals surface area (Å²) in [6.45, 7) is 3.69. The van der Waals surface area contributed by atoms with Gasteiger partial charge in [0.2, 0.25) is 0 Å². The first-order valence-corrected chi connectivity index (χ1v) is 8.39. The molecule has 1 saturated carbocycles. The number of ether oxygens (including phenoxy) is 2. The van der Waals surface area contributed by atoms with Gasteiger partial charge in [-0.2, -0.15) is 0 Å². The average molecular weight is 328 g/mol. The van der Waals surface area contributed by atoms with E-state index in [1.54, 1.807) is 6.92 Å². The Morgan fingerprint density at radius 3 is 2.75 bits per heavy atom. The SMILES string of the molecule is CCc1onc(C)c1C(=O)Nc1ccc2c(c1)OC1(CCCC1)O2. The molecule has 1 amide bonds. The fourth-order valence-electron chi connectivity index (χ4n) is 3.43. The van der Waals surface area contributed by atoms with Gasteiger partial charge >= 0.3 is 0 Å². The number of hydrogen-bond donors (Lipinski definition) is 1. The van der Waals surface area contributed by atoms with Gasteiger partial charge in [0.25, 0.3) is 11.7 Å². The molecule has 24 heavy (non-hydrogen) atoms. The number of fused-ring (bicyclic) bond motifs is 1. The normalized spacial score (nSPS) is 17.4. The lowest BCUT2D eigenvalue weighted by molar-refractivity contribution is -0.0716. The Hall–Kier alpha value is -2.50. The van der Waals surface area contributed by atoms with Crippen molar-refractivity contribution in [3.63, 3.8) is 0 Å². The predicted molar refractivity (Wildman–Crippen MR) is 87.5 cm³/mol. The lowest BCUT2D eigenvalue weighted by Crippen LogP contribution is -2.34. The van der Waals surface area contributed by atoms with E-state index in [1.807, 2.05) is 25.1 Å². The summed E-state index contributed by atoms with van der Waals surface area (Å²) in [7, 11) is 0. The quantitative estimate of drug-likeness (QED) is 0.926. The summed E-state index contributed by atoms with van der Waals surface area (Å²) in [5.74, 6) is 1.30. The smallest absolute Gasteiger partial charge is 0.261 e. The van der Waals surface area contributed by atoms with Crippen molar-refractivity contribution in [1.82, 2.24) is 5.16 Å². The molecule has 0 unspecified atom stereocenters. The van der Waals surface area contributed by atoms with Gasteiger partial charge in [0.15, 0.2) is 11.5 Å². The number of rotatable bonds is 3. The molecule has 1 N–H and O–H groups in total. The van der Waals surface area contributed by atoms with Gasteiger partial charge in [-0.3, -0.25) is 4.79 Å². The zero-order chi connectivity index (χ0) is 16.7. The summed E-state index contributed by atoms with van der Waals surface area (Å²) in [6.07, 6.45) is 4.66. The van der Waals surface area contributed by atoms with Crippen LogP contribution in [0.15, 0.2) is 22.7 Å². The second-order valence-corrected chi connectivity index (χ2v) is 6.36. The second kappa shape index (κ2) is 5.54. The standard InChI is InChI=1S/C18H20N2O4/c1-3-13-16(11(2)20-24-13)17(21)19-12-6-7-14-15(10-12)23-18(22-14)8-4-5-9-18/h6-7,10H,3-5,8-9H2,1-2H3,(H,19,21). The van der Waals surface area contributed by atoms with E-state index in [9.17, 15) is 4.79 Å². The van der Waals surface area contributed by atoms with E-state index < -0.39 is 5.79 Å². The number of amides is 1. The molecule has 6 heteroatoms. The molecule has 0 radical (unpaired) electrons. The van der Waals surface area contributed by atoms with Crippen molar-refractivity contribution in [2.75, 3.05) is 5.32 Å². The van der Waals surface area contributed by atoms with Crippen molar-refractivity contribution in [2.45, 2.75) is 51.7 Å². The summed E-state index contributed by atoms with van der Waals surface area (Å²) in [6, 6.07) is 5.48. The van der Waals surface area contributed by atoms with Gasteiger partial charge in [0.1, 0.15) is 11.3 Å². The van der Waals surface area contributed by atoms with E-state index in [2.05, 4.69) is 10.5 Å². The van der Waals surface area contributed by atoms with Crippen molar-refractivity contribution in [2.24, 2.45) is 0 Å². The first kappa shape index (κ1) is 15.1. The van der Waals surface area contributed by atoms with Gasteiger partial charge in [-0.05, 0) is 31.9 Å². The number of nitrogens with zero attached hydrogens (tertiary/aromatic N) is 1. The number of carbonyl (C=O) groups is 1. The van der Waals surface area contributed by atoms with E-state index in [0.29, 0.717) is 34.9 Å². The van der Waals surface area contributed by atoms with Crippen LogP contribution in [0.5, 0.6) is 11.5 Å². The number of benzene rings is 1. The molecule has 6 nitrogen and oxygen atoms in total. The summed E-state index contributed by atoms with van der Waals surface area (Å²) in [5, 5.41) is 6.77. The van der Waals surface area contributed by atoms with Gasteiger partial charge in [-0.25, -0.2) is 0 Å². The third-order valence-electron chi connectivity index (χ3n) is 4.64. The molecule has 1 fully saturated rings. The van der Waals surface area contributed by atoms with Crippen LogP contribution in [0.2, 0.25) is 0 Å². The van der Waals surface area contributed by atoms with Crippen LogP contribution in [0.3, 0.4) is 0 Å². The van der Waals surface area contributed by atoms with E-state index in [1.165, 1.54) is 0 Å². The lowest BCUT2D eigenvalue weighted by Gasteiger charge is -2.21. The van der Waals surface area contributed by atoms with Crippen LogP contribution in [-0.4, -0.2) is 16.9 Å². The lowest BCUT2D eigenvalue weighted by atomic mass is 10.1. The number of carbonyl (C=O) groups excluding carboxylic acids is 1.